The summed E-state index contributed by atoms with van der Waals surface area (Å²) in [6.45, 7) is 8.67. The van der Waals surface area contributed by atoms with Gasteiger partial charge >= 0.3 is 12.1 Å². The molecule has 0 aliphatic carbocycles. The number of hydrogen-bond acceptors (Lipinski definition) is 4. The third-order valence-electron chi connectivity index (χ3n) is 3.46. The van der Waals surface area contributed by atoms with E-state index in [0.717, 1.165) is 5.56 Å². The highest BCUT2D eigenvalue weighted by atomic mass is 16.6. The van der Waals surface area contributed by atoms with Crippen molar-refractivity contribution in [2.24, 2.45) is 0 Å². The second kappa shape index (κ2) is 6.89. The van der Waals surface area contributed by atoms with Crippen LogP contribution in [-0.4, -0.2) is 35.9 Å². The number of nitrogens with one attached hydrogen (secondary N) is 1. The van der Waals surface area contributed by atoms with Gasteiger partial charge in [-0.15, -0.1) is 0 Å². The van der Waals surface area contributed by atoms with Crippen molar-refractivity contribution in [3.8, 4) is 5.75 Å². The second-order valence-corrected chi connectivity index (χ2v) is 6.87. The van der Waals surface area contributed by atoms with E-state index >= 15 is 0 Å². The van der Waals surface area contributed by atoms with Crippen LogP contribution in [0.15, 0.2) is 24.3 Å². The molecule has 6 heteroatoms. The maximum Gasteiger partial charge on any atom is 0.408 e. The number of carbonyl (C=O) groups excluding carboxylic acids is 1. The largest absolute Gasteiger partial charge is 0.497 e. The van der Waals surface area contributed by atoms with Gasteiger partial charge in [-0.2, -0.15) is 0 Å². The van der Waals surface area contributed by atoms with E-state index < -0.39 is 29.1 Å². The Hall–Kier alpha value is -2.24. The summed E-state index contributed by atoms with van der Waals surface area (Å²) in [7, 11) is 1.56. The average molecular weight is 323 g/mol. The van der Waals surface area contributed by atoms with Crippen LogP contribution in [0.1, 0.15) is 40.2 Å². The van der Waals surface area contributed by atoms with Gasteiger partial charge in [-0.1, -0.05) is 26.0 Å². The van der Waals surface area contributed by atoms with Crippen molar-refractivity contribution in [2.75, 3.05) is 7.11 Å². The van der Waals surface area contributed by atoms with Crippen LogP contribution in [0.4, 0.5) is 4.79 Å². The number of amides is 1. The Morgan fingerprint density at radius 2 is 1.61 bits per heavy atom. The molecule has 128 valence electrons. The van der Waals surface area contributed by atoms with Gasteiger partial charge in [0.1, 0.15) is 17.4 Å². The van der Waals surface area contributed by atoms with Crippen molar-refractivity contribution in [2.45, 2.75) is 51.7 Å². The molecular formula is C17H25NO5. The van der Waals surface area contributed by atoms with Crippen LogP contribution in [-0.2, 0) is 14.9 Å². The minimum Gasteiger partial charge on any atom is -0.497 e. The van der Waals surface area contributed by atoms with Crippen LogP contribution in [0, 0.1) is 0 Å². The number of alkyl carbamates (subject to hydrolysis) is 1. The first-order valence-electron chi connectivity index (χ1n) is 7.34. The monoisotopic (exact) mass is 323 g/mol. The summed E-state index contributed by atoms with van der Waals surface area (Å²) in [6.07, 6.45) is -0.758. The van der Waals surface area contributed by atoms with E-state index in [4.69, 9.17) is 9.47 Å². The predicted octanol–water partition coefficient (Wildman–Crippen LogP) is 2.95. The molecule has 1 atom stereocenters. The fourth-order valence-electron chi connectivity index (χ4n) is 2.16. The van der Waals surface area contributed by atoms with E-state index in [0.29, 0.717) is 5.75 Å². The summed E-state index contributed by atoms with van der Waals surface area (Å²) in [6, 6.07) is 5.94. The zero-order valence-corrected chi connectivity index (χ0v) is 14.5. The first-order valence-corrected chi connectivity index (χ1v) is 7.34. The summed E-state index contributed by atoms with van der Waals surface area (Å²) in [5.41, 5.74) is -0.770. The Bertz CT molecular complexity index is 557. The van der Waals surface area contributed by atoms with Crippen LogP contribution >= 0.6 is 0 Å². The highest BCUT2D eigenvalue weighted by Gasteiger charge is 2.39. The number of benzene rings is 1. The van der Waals surface area contributed by atoms with Crippen molar-refractivity contribution < 1.29 is 24.2 Å². The molecule has 0 bridgehead atoms. The van der Waals surface area contributed by atoms with Crippen LogP contribution in [0.5, 0.6) is 5.75 Å². The second-order valence-electron chi connectivity index (χ2n) is 6.87. The van der Waals surface area contributed by atoms with Crippen molar-refractivity contribution in [1.82, 2.24) is 5.32 Å². The molecule has 1 amide bonds. The van der Waals surface area contributed by atoms with Gasteiger partial charge in [0.05, 0.1) is 7.11 Å². The fourth-order valence-corrected chi connectivity index (χ4v) is 2.16. The molecule has 1 unspecified atom stereocenters. The van der Waals surface area contributed by atoms with Crippen molar-refractivity contribution in [3.63, 3.8) is 0 Å². The molecule has 23 heavy (non-hydrogen) atoms. The number of methoxy groups -OCH3 is 1. The van der Waals surface area contributed by atoms with Crippen LogP contribution < -0.4 is 10.1 Å². The highest BCUT2D eigenvalue weighted by molar-refractivity contribution is 5.82. The average Bonchev–Trinajstić information content (AvgIpc) is 2.42. The summed E-state index contributed by atoms with van der Waals surface area (Å²) >= 11 is 0. The summed E-state index contributed by atoms with van der Waals surface area (Å²) < 4.78 is 10.3. The molecule has 2 N–H and O–H groups in total. The molecule has 0 aliphatic rings. The molecule has 1 rings (SSSR count). The topological polar surface area (TPSA) is 84.9 Å². The van der Waals surface area contributed by atoms with E-state index in [-0.39, 0.29) is 0 Å². The molecular weight excluding hydrogens is 298 g/mol. The SMILES string of the molecule is COc1ccc(C(C)(C)C(NC(=O)OC(C)(C)C)C(=O)O)cc1. The van der Waals surface area contributed by atoms with Crippen LogP contribution in [0.25, 0.3) is 0 Å². The lowest BCUT2D eigenvalue weighted by Crippen LogP contribution is -2.53. The van der Waals surface area contributed by atoms with E-state index in [1.54, 1.807) is 66.0 Å². The lowest BCUT2D eigenvalue weighted by molar-refractivity contribution is -0.141. The van der Waals surface area contributed by atoms with Gasteiger partial charge in [0.15, 0.2) is 0 Å². The third kappa shape index (κ3) is 5.16. The Balaban J connectivity index is 3.02. The third-order valence-corrected chi connectivity index (χ3v) is 3.46. The Kier molecular flexibility index (Phi) is 5.64. The van der Waals surface area contributed by atoms with Gasteiger partial charge in [0.25, 0.3) is 0 Å². The Morgan fingerprint density at radius 1 is 1.09 bits per heavy atom. The number of rotatable bonds is 5. The molecule has 0 aromatic heterocycles. The standard InChI is InChI=1S/C17H25NO5/c1-16(2,3)23-15(21)18-13(14(19)20)17(4,5)11-7-9-12(22-6)10-8-11/h7-10,13H,1-6H3,(H,18,21)(H,19,20). The van der Waals surface area contributed by atoms with E-state index in [1.807, 2.05) is 0 Å². The quantitative estimate of drug-likeness (QED) is 0.870. The minimum atomic E-state index is -1.13. The lowest BCUT2D eigenvalue weighted by Gasteiger charge is -2.33. The maximum absolute atomic E-state index is 11.9. The van der Waals surface area contributed by atoms with E-state index in [2.05, 4.69) is 5.32 Å². The van der Waals surface area contributed by atoms with Crippen LogP contribution in [0.2, 0.25) is 0 Å². The van der Waals surface area contributed by atoms with Gasteiger partial charge in [-0.25, -0.2) is 9.59 Å². The predicted molar refractivity (Wildman–Crippen MR) is 86.8 cm³/mol. The lowest BCUT2D eigenvalue weighted by atomic mass is 9.77. The van der Waals surface area contributed by atoms with E-state index in [1.165, 1.54) is 0 Å². The van der Waals surface area contributed by atoms with Gasteiger partial charge in [0.2, 0.25) is 0 Å². The summed E-state index contributed by atoms with van der Waals surface area (Å²) in [5.74, 6) is -0.451. The molecule has 6 nitrogen and oxygen atoms in total. The number of aliphatic carboxylic acids is 1. The van der Waals surface area contributed by atoms with Crippen molar-refractivity contribution in [1.29, 1.82) is 0 Å². The molecule has 0 saturated carbocycles. The van der Waals surface area contributed by atoms with E-state index in [9.17, 15) is 14.7 Å². The zero-order chi connectivity index (χ0) is 17.8. The van der Waals surface area contributed by atoms with Gasteiger partial charge in [0, 0.05) is 5.41 Å². The van der Waals surface area contributed by atoms with Gasteiger partial charge in [-0.3, -0.25) is 0 Å². The molecule has 0 aliphatic heterocycles. The summed E-state index contributed by atoms with van der Waals surface area (Å²) in [4.78, 5) is 23.6. The molecule has 1 aromatic carbocycles. The highest BCUT2D eigenvalue weighted by Crippen LogP contribution is 2.29. The fraction of sp³-hybridized carbons (Fsp3) is 0.529. The number of carboxylic acids is 1. The van der Waals surface area contributed by atoms with Crippen molar-refractivity contribution in [3.05, 3.63) is 29.8 Å². The molecule has 0 spiro atoms. The van der Waals surface area contributed by atoms with Crippen molar-refractivity contribution >= 4 is 12.1 Å². The molecule has 0 saturated heterocycles. The maximum atomic E-state index is 11.9. The minimum absolute atomic E-state index is 0.677. The number of carboxylic acid groups (broad SMARTS) is 1. The van der Waals surface area contributed by atoms with Crippen LogP contribution in [0.3, 0.4) is 0 Å². The number of carbonyl (C=O) groups is 2. The molecule has 0 fully saturated rings. The molecule has 1 aromatic rings. The smallest absolute Gasteiger partial charge is 0.408 e. The Labute approximate surface area is 136 Å². The molecule has 0 heterocycles. The zero-order valence-electron chi connectivity index (χ0n) is 14.5. The van der Waals surface area contributed by atoms with Gasteiger partial charge in [-0.05, 0) is 38.5 Å². The Morgan fingerprint density at radius 3 is 2.00 bits per heavy atom. The number of hydrogen-bond donors (Lipinski definition) is 2. The molecule has 0 radical (unpaired) electrons. The van der Waals surface area contributed by atoms with Gasteiger partial charge < -0.3 is 19.9 Å². The first kappa shape index (κ1) is 18.8. The first-order chi connectivity index (χ1) is 10.5. The normalized spacial score (nSPS) is 13.1. The summed E-state index contributed by atoms with van der Waals surface area (Å²) in [5, 5.41) is 12.0. The number of ether oxygens (including phenoxy) is 2.